The van der Waals surface area contributed by atoms with Crippen LogP contribution in [0.4, 0.5) is 5.69 Å². The molecule has 0 spiro atoms. The number of hydrogen-bond donors (Lipinski definition) is 4. The minimum atomic E-state index is -0.549. The average Bonchev–Trinajstić information content (AvgIpc) is 2.63. The van der Waals surface area contributed by atoms with Crippen molar-refractivity contribution in [3.05, 3.63) is 73.8 Å². The molecule has 0 bridgehead atoms. The van der Waals surface area contributed by atoms with E-state index in [0.717, 1.165) is 0 Å². The van der Waals surface area contributed by atoms with Crippen LogP contribution in [0.3, 0.4) is 0 Å². The summed E-state index contributed by atoms with van der Waals surface area (Å²) in [5, 5.41) is 10.0. The molecule has 3 aromatic rings. The van der Waals surface area contributed by atoms with E-state index in [2.05, 4.69) is 20.8 Å². The molecule has 9 heteroatoms. The van der Waals surface area contributed by atoms with Crippen LogP contribution in [0, 0.1) is 0 Å². The summed E-state index contributed by atoms with van der Waals surface area (Å²) in [5.74, 6) is -1.01. The number of halogens is 1. The standard InChI is InChI=1S/C17H13ClN4O4/c18-10-4-1-3-9(7-10)15(24)19-8-13(23)20-12-6-2-5-11-14(12)17(26)22-21-16(11)25/h1-7H,8H2,(H,19,24)(H,20,23)(H,21,25)(H,22,26). The van der Waals surface area contributed by atoms with E-state index in [1.165, 1.54) is 24.3 Å². The third-order valence-corrected chi connectivity index (χ3v) is 3.83. The molecular weight excluding hydrogens is 360 g/mol. The van der Waals surface area contributed by atoms with Gasteiger partial charge in [-0.2, -0.15) is 0 Å². The molecule has 8 nitrogen and oxygen atoms in total. The Balaban J connectivity index is 1.74. The summed E-state index contributed by atoms with van der Waals surface area (Å²) in [6, 6.07) is 10.8. The normalized spacial score (nSPS) is 10.5. The minimum Gasteiger partial charge on any atom is -0.343 e. The molecule has 0 saturated carbocycles. The van der Waals surface area contributed by atoms with Crippen molar-refractivity contribution in [3.63, 3.8) is 0 Å². The van der Waals surface area contributed by atoms with Crippen molar-refractivity contribution in [1.29, 1.82) is 0 Å². The van der Waals surface area contributed by atoms with Gasteiger partial charge in [0.25, 0.3) is 17.0 Å². The lowest BCUT2D eigenvalue weighted by atomic mass is 10.1. The van der Waals surface area contributed by atoms with Crippen LogP contribution < -0.4 is 21.8 Å². The molecule has 132 valence electrons. The number of rotatable bonds is 4. The number of amides is 2. The summed E-state index contributed by atoms with van der Waals surface area (Å²) in [5.41, 5.74) is -0.529. The number of aromatic nitrogens is 2. The quantitative estimate of drug-likeness (QED) is 0.550. The van der Waals surface area contributed by atoms with E-state index in [-0.39, 0.29) is 23.0 Å². The zero-order valence-electron chi connectivity index (χ0n) is 13.3. The van der Waals surface area contributed by atoms with Crippen LogP contribution in [0.25, 0.3) is 10.8 Å². The maximum absolute atomic E-state index is 12.1. The van der Waals surface area contributed by atoms with Gasteiger partial charge in [-0.05, 0) is 30.3 Å². The molecule has 1 heterocycles. The van der Waals surface area contributed by atoms with Gasteiger partial charge in [0.15, 0.2) is 0 Å². The van der Waals surface area contributed by atoms with Crippen molar-refractivity contribution in [3.8, 4) is 0 Å². The zero-order valence-corrected chi connectivity index (χ0v) is 14.0. The van der Waals surface area contributed by atoms with E-state index in [1.54, 1.807) is 18.2 Å². The molecule has 0 aliphatic heterocycles. The lowest BCUT2D eigenvalue weighted by Gasteiger charge is -2.09. The molecule has 0 atom stereocenters. The van der Waals surface area contributed by atoms with E-state index in [1.807, 2.05) is 0 Å². The number of anilines is 1. The summed E-state index contributed by atoms with van der Waals surface area (Å²) in [6.07, 6.45) is 0. The first-order valence-electron chi connectivity index (χ1n) is 7.53. The predicted octanol–water partition coefficient (Wildman–Crippen LogP) is 1.24. The Bertz CT molecular complexity index is 1120. The highest BCUT2D eigenvalue weighted by Crippen LogP contribution is 2.16. The minimum absolute atomic E-state index is 0.0609. The van der Waals surface area contributed by atoms with Gasteiger partial charge in [0.1, 0.15) is 0 Å². The van der Waals surface area contributed by atoms with Gasteiger partial charge in [-0.15, -0.1) is 0 Å². The van der Waals surface area contributed by atoms with E-state index >= 15 is 0 Å². The monoisotopic (exact) mass is 372 g/mol. The Hall–Kier alpha value is -3.39. The first kappa shape index (κ1) is 17.4. The fraction of sp³-hybridized carbons (Fsp3) is 0.0588. The van der Waals surface area contributed by atoms with Gasteiger partial charge in [-0.3, -0.25) is 29.4 Å². The number of hydrogen-bond acceptors (Lipinski definition) is 4. The Kier molecular flexibility index (Phi) is 4.85. The van der Waals surface area contributed by atoms with E-state index in [0.29, 0.717) is 10.6 Å². The predicted molar refractivity (Wildman–Crippen MR) is 97.6 cm³/mol. The third kappa shape index (κ3) is 3.65. The van der Waals surface area contributed by atoms with Crippen molar-refractivity contribution in [2.75, 3.05) is 11.9 Å². The Labute approximate surface area is 151 Å². The van der Waals surface area contributed by atoms with Crippen LogP contribution in [-0.4, -0.2) is 28.6 Å². The number of nitrogens with one attached hydrogen (secondary N) is 4. The highest BCUT2D eigenvalue weighted by atomic mass is 35.5. The van der Waals surface area contributed by atoms with Crippen LogP contribution in [0.1, 0.15) is 10.4 Å². The zero-order chi connectivity index (χ0) is 18.7. The third-order valence-electron chi connectivity index (χ3n) is 3.60. The topological polar surface area (TPSA) is 124 Å². The van der Waals surface area contributed by atoms with E-state index in [4.69, 9.17) is 11.6 Å². The van der Waals surface area contributed by atoms with Gasteiger partial charge in [-0.25, -0.2) is 0 Å². The summed E-state index contributed by atoms with van der Waals surface area (Å²) in [4.78, 5) is 47.8. The maximum atomic E-state index is 12.1. The number of fused-ring (bicyclic) bond motifs is 1. The highest BCUT2D eigenvalue weighted by Gasteiger charge is 2.12. The molecule has 0 unspecified atom stereocenters. The van der Waals surface area contributed by atoms with Crippen LogP contribution in [0.5, 0.6) is 0 Å². The average molecular weight is 373 g/mol. The SMILES string of the molecule is O=C(CNC(=O)c1cccc(Cl)c1)Nc1cccc2c(=O)[nH][nH]c(=O)c12. The molecule has 0 aliphatic carbocycles. The van der Waals surface area contributed by atoms with Crippen molar-refractivity contribution in [1.82, 2.24) is 15.5 Å². The molecule has 0 aliphatic rings. The lowest BCUT2D eigenvalue weighted by molar-refractivity contribution is -0.115. The van der Waals surface area contributed by atoms with Crippen LogP contribution in [0.2, 0.25) is 5.02 Å². The molecule has 1 aromatic heterocycles. The second-order valence-electron chi connectivity index (χ2n) is 5.38. The molecular formula is C17H13ClN4O4. The first-order chi connectivity index (χ1) is 12.5. The van der Waals surface area contributed by atoms with Crippen molar-refractivity contribution in [2.45, 2.75) is 0 Å². The van der Waals surface area contributed by atoms with Gasteiger partial charge in [0.2, 0.25) is 5.91 Å². The van der Waals surface area contributed by atoms with Gasteiger partial charge in [-0.1, -0.05) is 23.7 Å². The van der Waals surface area contributed by atoms with Crippen molar-refractivity contribution < 1.29 is 9.59 Å². The molecule has 2 aromatic carbocycles. The second kappa shape index (κ2) is 7.24. The fourth-order valence-corrected chi connectivity index (χ4v) is 2.61. The summed E-state index contributed by atoms with van der Waals surface area (Å²) < 4.78 is 0. The van der Waals surface area contributed by atoms with Gasteiger partial charge < -0.3 is 10.6 Å². The Morgan fingerprint density at radius 2 is 1.73 bits per heavy atom. The molecule has 3 rings (SSSR count). The summed E-state index contributed by atoms with van der Waals surface area (Å²) >= 11 is 5.82. The van der Waals surface area contributed by atoms with Gasteiger partial charge in [0.05, 0.1) is 23.0 Å². The van der Waals surface area contributed by atoms with Crippen LogP contribution in [0.15, 0.2) is 52.1 Å². The summed E-state index contributed by atoms with van der Waals surface area (Å²) in [6.45, 7) is -0.317. The molecule has 2 amide bonds. The number of benzene rings is 2. The van der Waals surface area contributed by atoms with E-state index < -0.39 is 22.9 Å². The van der Waals surface area contributed by atoms with Gasteiger partial charge >= 0.3 is 0 Å². The molecule has 26 heavy (non-hydrogen) atoms. The lowest BCUT2D eigenvalue weighted by Crippen LogP contribution is -2.33. The summed E-state index contributed by atoms with van der Waals surface area (Å²) in [7, 11) is 0. The molecule has 0 saturated heterocycles. The number of aromatic amines is 2. The number of carbonyl (C=O) groups excluding carboxylic acids is 2. The molecule has 0 radical (unpaired) electrons. The fourth-order valence-electron chi connectivity index (χ4n) is 2.42. The molecule has 4 N–H and O–H groups in total. The first-order valence-corrected chi connectivity index (χ1v) is 7.91. The van der Waals surface area contributed by atoms with Crippen molar-refractivity contribution >= 4 is 39.9 Å². The largest absolute Gasteiger partial charge is 0.343 e. The van der Waals surface area contributed by atoms with Crippen LogP contribution in [-0.2, 0) is 4.79 Å². The smallest absolute Gasteiger partial charge is 0.272 e. The van der Waals surface area contributed by atoms with Crippen LogP contribution >= 0.6 is 11.6 Å². The number of H-pyrrole nitrogens is 2. The second-order valence-corrected chi connectivity index (χ2v) is 5.81. The number of carbonyl (C=O) groups is 2. The van der Waals surface area contributed by atoms with Gasteiger partial charge in [0, 0.05) is 10.6 Å². The maximum Gasteiger partial charge on any atom is 0.272 e. The Morgan fingerprint density at radius 3 is 2.50 bits per heavy atom. The molecule has 0 fully saturated rings. The van der Waals surface area contributed by atoms with E-state index in [9.17, 15) is 19.2 Å². The highest BCUT2D eigenvalue weighted by molar-refractivity contribution is 6.31. The Morgan fingerprint density at radius 1 is 1.00 bits per heavy atom. The van der Waals surface area contributed by atoms with Crippen molar-refractivity contribution in [2.24, 2.45) is 0 Å².